The summed E-state index contributed by atoms with van der Waals surface area (Å²) in [5.74, 6) is -0.0365. The summed E-state index contributed by atoms with van der Waals surface area (Å²) < 4.78 is 0. The molecule has 0 N–H and O–H groups in total. The third-order valence-corrected chi connectivity index (χ3v) is 2.78. The fraction of sp³-hybridized carbons (Fsp3) is 0.818. The van der Waals surface area contributed by atoms with Gasteiger partial charge in [-0.3, -0.25) is 4.79 Å². The van der Waals surface area contributed by atoms with Crippen LogP contribution in [-0.4, -0.2) is 23.9 Å². The molecule has 1 amide bonds. The van der Waals surface area contributed by atoms with Gasteiger partial charge in [-0.1, -0.05) is 13.8 Å². The zero-order valence-corrected chi connectivity index (χ0v) is 9.42. The Bertz CT molecular complexity index is 286. The number of carbonyl (C=O) groups is 1. The summed E-state index contributed by atoms with van der Waals surface area (Å²) in [7, 11) is 0. The quantitative estimate of drug-likeness (QED) is 0.638. The van der Waals surface area contributed by atoms with Crippen molar-refractivity contribution in [2.75, 3.05) is 13.1 Å². The molecule has 0 atom stereocenters. The lowest BCUT2D eigenvalue weighted by atomic mass is 9.92. The number of hydrogen-bond donors (Lipinski definition) is 0. The second-order valence-corrected chi connectivity index (χ2v) is 5.38. The van der Waals surface area contributed by atoms with Gasteiger partial charge in [-0.05, 0) is 25.7 Å². The zero-order chi connectivity index (χ0) is 11.0. The summed E-state index contributed by atoms with van der Waals surface area (Å²) in [6, 6.07) is 2.05. The van der Waals surface area contributed by atoms with Gasteiger partial charge in [0, 0.05) is 13.1 Å². The molecule has 0 saturated carbocycles. The molecule has 0 aromatic heterocycles. The van der Waals surface area contributed by atoms with E-state index in [1.807, 2.05) is 4.90 Å². The summed E-state index contributed by atoms with van der Waals surface area (Å²) in [6.45, 7) is 9.23. The standard InChI is InChI=1S/C11H18N2O/c1-10(2)5-6-13(8-10)9(14)11(3,4)7-12/h5-6,8H2,1-4H3. The minimum Gasteiger partial charge on any atom is -0.341 e. The molecule has 0 unspecified atom stereocenters. The second kappa shape index (κ2) is 3.27. The third kappa shape index (κ3) is 2.06. The van der Waals surface area contributed by atoms with Gasteiger partial charge >= 0.3 is 0 Å². The Kier molecular flexibility index (Phi) is 2.58. The topological polar surface area (TPSA) is 44.1 Å². The van der Waals surface area contributed by atoms with E-state index in [1.165, 1.54) is 0 Å². The summed E-state index contributed by atoms with van der Waals surface area (Å²) in [5, 5.41) is 8.86. The SMILES string of the molecule is CC1(C)CCN(C(=O)C(C)(C)C#N)C1. The van der Waals surface area contributed by atoms with Crippen molar-refractivity contribution in [1.82, 2.24) is 4.90 Å². The maximum absolute atomic E-state index is 11.9. The number of rotatable bonds is 1. The van der Waals surface area contributed by atoms with Crippen LogP contribution in [0.1, 0.15) is 34.1 Å². The Morgan fingerprint density at radius 3 is 2.43 bits per heavy atom. The van der Waals surface area contributed by atoms with Gasteiger partial charge in [0.1, 0.15) is 5.41 Å². The van der Waals surface area contributed by atoms with Crippen molar-refractivity contribution in [2.45, 2.75) is 34.1 Å². The summed E-state index contributed by atoms with van der Waals surface area (Å²) in [5.41, 5.74) is -0.665. The number of nitrogens with zero attached hydrogens (tertiary/aromatic N) is 2. The molecule has 1 saturated heterocycles. The highest BCUT2D eigenvalue weighted by atomic mass is 16.2. The maximum Gasteiger partial charge on any atom is 0.242 e. The summed E-state index contributed by atoms with van der Waals surface area (Å²) in [4.78, 5) is 13.7. The Labute approximate surface area is 85.7 Å². The molecular weight excluding hydrogens is 176 g/mol. The molecule has 0 spiro atoms. The first-order valence-corrected chi connectivity index (χ1v) is 4.99. The van der Waals surface area contributed by atoms with E-state index in [2.05, 4.69) is 19.9 Å². The molecule has 0 radical (unpaired) electrons. The number of hydrogen-bond acceptors (Lipinski definition) is 2. The van der Waals surface area contributed by atoms with E-state index < -0.39 is 5.41 Å². The molecule has 78 valence electrons. The maximum atomic E-state index is 11.9. The largest absolute Gasteiger partial charge is 0.341 e. The van der Waals surface area contributed by atoms with Crippen LogP contribution < -0.4 is 0 Å². The second-order valence-electron chi connectivity index (χ2n) is 5.38. The molecule has 1 aliphatic heterocycles. The molecule has 1 fully saturated rings. The molecule has 14 heavy (non-hydrogen) atoms. The van der Waals surface area contributed by atoms with E-state index in [-0.39, 0.29) is 11.3 Å². The zero-order valence-electron chi connectivity index (χ0n) is 9.42. The van der Waals surface area contributed by atoms with E-state index in [4.69, 9.17) is 5.26 Å². The highest BCUT2D eigenvalue weighted by Gasteiger charge is 2.38. The lowest BCUT2D eigenvalue weighted by Crippen LogP contribution is -2.39. The van der Waals surface area contributed by atoms with Crippen LogP contribution in [-0.2, 0) is 4.79 Å². The van der Waals surface area contributed by atoms with Gasteiger partial charge in [-0.2, -0.15) is 5.26 Å². The number of carbonyl (C=O) groups excluding carboxylic acids is 1. The molecule has 3 nitrogen and oxygen atoms in total. The van der Waals surface area contributed by atoms with E-state index in [0.717, 1.165) is 19.5 Å². The van der Waals surface area contributed by atoms with Gasteiger partial charge in [-0.15, -0.1) is 0 Å². The smallest absolute Gasteiger partial charge is 0.242 e. The van der Waals surface area contributed by atoms with Crippen molar-refractivity contribution >= 4 is 5.91 Å². The highest BCUT2D eigenvalue weighted by molar-refractivity contribution is 5.84. The predicted molar refractivity (Wildman–Crippen MR) is 54.4 cm³/mol. The van der Waals surface area contributed by atoms with Gasteiger partial charge in [0.15, 0.2) is 0 Å². The predicted octanol–water partition coefficient (Wildman–Crippen LogP) is 1.79. The first-order valence-electron chi connectivity index (χ1n) is 4.99. The Morgan fingerprint density at radius 2 is 2.07 bits per heavy atom. The van der Waals surface area contributed by atoms with Crippen LogP contribution in [0.2, 0.25) is 0 Å². The number of amides is 1. The highest BCUT2D eigenvalue weighted by Crippen LogP contribution is 2.31. The first kappa shape index (κ1) is 11.0. The Balaban J connectivity index is 2.71. The van der Waals surface area contributed by atoms with Crippen molar-refractivity contribution < 1.29 is 4.79 Å². The van der Waals surface area contributed by atoms with Gasteiger partial charge in [0.2, 0.25) is 5.91 Å². The fourth-order valence-electron chi connectivity index (χ4n) is 1.73. The Hall–Kier alpha value is -1.04. The number of likely N-dealkylation sites (tertiary alicyclic amines) is 1. The summed E-state index contributed by atoms with van der Waals surface area (Å²) >= 11 is 0. The van der Waals surface area contributed by atoms with Crippen LogP contribution in [0.15, 0.2) is 0 Å². The van der Waals surface area contributed by atoms with Crippen LogP contribution in [0.3, 0.4) is 0 Å². The average Bonchev–Trinajstić information content (AvgIpc) is 2.44. The molecule has 0 aromatic carbocycles. The van der Waals surface area contributed by atoms with Crippen molar-refractivity contribution in [2.24, 2.45) is 10.8 Å². The normalized spacial score (nSPS) is 20.6. The monoisotopic (exact) mass is 194 g/mol. The van der Waals surface area contributed by atoms with Crippen LogP contribution >= 0.6 is 0 Å². The van der Waals surface area contributed by atoms with Gasteiger partial charge in [0.05, 0.1) is 6.07 Å². The van der Waals surface area contributed by atoms with Crippen molar-refractivity contribution in [3.8, 4) is 6.07 Å². The van der Waals surface area contributed by atoms with Gasteiger partial charge < -0.3 is 4.90 Å². The van der Waals surface area contributed by atoms with E-state index in [1.54, 1.807) is 13.8 Å². The number of nitriles is 1. The molecular formula is C11H18N2O. The molecule has 0 aromatic rings. The van der Waals surface area contributed by atoms with Crippen molar-refractivity contribution in [1.29, 1.82) is 5.26 Å². The van der Waals surface area contributed by atoms with E-state index in [9.17, 15) is 4.79 Å². The van der Waals surface area contributed by atoms with Crippen LogP contribution in [0.25, 0.3) is 0 Å². The van der Waals surface area contributed by atoms with Gasteiger partial charge in [-0.25, -0.2) is 0 Å². The summed E-state index contributed by atoms with van der Waals surface area (Å²) in [6.07, 6.45) is 1.03. The van der Waals surface area contributed by atoms with Crippen LogP contribution in [0.4, 0.5) is 0 Å². The fourth-order valence-corrected chi connectivity index (χ4v) is 1.73. The minimum absolute atomic E-state index is 0.0365. The van der Waals surface area contributed by atoms with Gasteiger partial charge in [0.25, 0.3) is 0 Å². The third-order valence-electron chi connectivity index (χ3n) is 2.78. The lowest BCUT2D eigenvalue weighted by molar-refractivity contribution is -0.136. The molecule has 0 aliphatic carbocycles. The first-order chi connectivity index (χ1) is 6.28. The molecule has 1 aliphatic rings. The average molecular weight is 194 g/mol. The molecule has 1 rings (SSSR count). The van der Waals surface area contributed by atoms with E-state index in [0.29, 0.717) is 0 Å². The molecule has 3 heteroatoms. The lowest BCUT2D eigenvalue weighted by Gasteiger charge is -2.25. The van der Waals surface area contributed by atoms with Crippen LogP contribution in [0, 0.1) is 22.2 Å². The molecule has 0 bridgehead atoms. The Morgan fingerprint density at radius 1 is 1.50 bits per heavy atom. The van der Waals surface area contributed by atoms with E-state index >= 15 is 0 Å². The molecule has 1 heterocycles. The van der Waals surface area contributed by atoms with Crippen molar-refractivity contribution in [3.05, 3.63) is 0 Å². The van der Waals surface area contributed by atoms with Crippen molar-refractivity contribution in [3.63, 3.8) is 0 Å². The van der Waals surface area contributed by atoms with Crippen LogP contribution in [0.5, 0.6) is 0 Å². The minimum atomic E-state index is -0.875.